The molecule has 0 saturated heterocycles. The molecule has 1 aliphatic heterocycles. The zero-order chi connectivity index (χ0) is 18.1. The molecule has 1 fully saturated rings. The largest absolute Gasteiger partial charge is 0.393 e. The van der Waals surface area contributed by atoms with Crippen LogP contribution in [0.5, 0.6) is 0 Å². The monoisotopic (exact) mass is 416 g/mol. The number of benzene rings is 1. The van der Waals surface area contributed by atoms with Crippen molar-refractivity contribution in [1.82, 2.24) is 4.57 Å². The first kappa shape index (κ1) is 22.3. The first-order valence-corrected chi connectivity index (χ1v) is 9.37. The molecule has 4 rings (SSSR count). The van der Waals surface area contributed by atoms with Gasteiger partial charge in [-0.15, -0.1) is 0 Å². The summed E-state index contributed by atoms with van der Waals surface area (Å²) in [7, 11) is 0. The first-order chi connectivity index (χ1) is 12.7. The van der Waals surface area contributed by atoms with Crippen LogP contribution in [0, 0.1) is 11.3 Å². The van der Waals surface area contributed by atoms with Crippen LogP contribution >= 0.6 is 0 Å². The van der Waals surface area contributed by atoms with Crippen LogP contribution < -0.4 is 5.32 Å². The van der Waals surface area contributed by atoms with Gasteiger partial charge < -0.3 is 15.0 Å². The number of aromatic nitrogens is 1. The second-order valence-electron chi connectivity index (χ2n) is 7.30. The number of nitriles is 1. The van der Waals surface area contributed by atoms with Crippen LogP contribution in [-0.2, 0) is 25.1 Å². The summed E-state index contributed by atoms with van der Waals surface area (Å²) < 4.78 is 2.09. The number of fused-ring (bicyclic) bond motifs is 1. The van der Waals surface area contributed by atoms with E-state index < -0.39 is 0 Å². The van der Waals surface area contributed by atoms with E-state index in [0.29, 0.717) is 12.0 Å². The number of Topliss-reactive ketones (excluding diaryl/α,β-unsaturated/α-hetero) is 1. The van der Waals surface area contributed by atoms with Gasteiger partial charge >= 0.3 is 0 Å². The molecule has 1 aromatic carbocycles. The normalized spacial score (nSPS) is 20.9. The molecule has 0 amide bonds. The Bertz CT molecular complexity index is 876. The van der Waals surface area contributed by atoms with Gasteiger partial charge in [-0.2, -0.15) is 5.26 Å². The number of anilines is 1. The molecule has 1 aliphatic carbocycles. The van der Waals surface area contributed by atoms with Crippen molar-refractivity contribution in [2.24, 2.45) is 0 Å². The molecule has 2 N–H and O–H groups in total. The minimum atomic E-state index is -0.195. The minimum absolute atomic E-state index is 0. The van der Waals surface area contributed by atoms with Gasteiger partial charge in [0.25, 0.3) is 0 Å². The van der Waals surface area contributed by atoms with E-state index in [1.54, 1.807) is 0 Å². The molecular formula is C22H27N3O2V. The second-order valence-corrected chi connectivity index (χ2v) is 7.30. The first-order valence-electron chi connectivity index (χ1n) is 9.37. The van der Waals surface area contributed by atoms with Crippen LogP contribution in [0.3, 0.4) is 0 Å². The van der Waals surface area contributed by atoms with Crippen molar-refractivity contribution in [3.05, 3.63) is 41.6 Å². The number of aliphatic hydroxyl groups excluding tert-OH is 1. The van der Waals surface area contributed by atoms with E-state index in [2.05, 4.69) is 16.0 Å². The number of nitrogens with zero attached hydrogens (tertiary/aromatic N) is 2. The summed E-state index contributed by atoms with van der Waals surface area (Å²) in [5.74, 6) is 0.204. The van der Waals surface area contributed by atoms with Crippen molar-refractivity contribution in [2.75, 3.05) is 5.32 Å². The number of carbonyl (C=O) groups is 1. The zero-order valence-electron chi connectivity index (χ0n) is 15.2. The van der Waals surface area contributed by atoms with Gasteiger partial charge in [-0.3, -0.25) is 4.79 Å². The predicted octanol–water partition coefficient (Wildman–Crippen LogP) is 4.35. The molecule has 6 heteroatoms. The van der Waals surface area contributed by atoms with Gasteiger partial charge in [0, 0.05) is 48.8 Å². The maximum Gasteiger partial charge on any atom is 0.179 e. The molecular weight excluding hydrogens is 389 g/mol. The van der Waals surface area contributed by atoms with E-state index in [1.807, 2.05) is 30.3 Å². The Balaban J connectivity index is 0.00000140. The fraction of sp³-hybridized carbons (Fsp3) is 0.455. The van der Waals surface area contributed by atoms with Gasteiger partial charge in [-0.25, -0.2) is 0 Å². The van der Waals surface area contributed by atoms with Crippen molar-refractivity contribution < 1.29 is 28.5 Å². The number of rotatable bonds is 3. The Morgan fingerprint density at radius 1 is 1.11 bits per heavy atom. The van der Waals surface area contributed by atoms with Crippen LogP contribution in [0.1, 0.15) is 62.0 Å². The van der Waals surface area contributed by atoms with Crippen LogP contribution in [-0.4, -0.2) is 27.6 Å². The Hall–Kier alpha value is -2.00. The molecule has 1 radical (unpaired) electrons. The number of carbonyl (C=O) groups excluding carboxylic acids is 1. The maximum atomic E-state index is 12.1. The molecule has 0 spiro atoms. The molecule has 0 bridgehead atoms. The molecule has 1 aromatic heterocycles. The second kappa shape index (κ2) is 9.47. The Labute approximate surface area is 178 Å². The number of hydrogen-bond donors (Lipinski definition) is 2. The number of hydrogen-bond acceptors (Lipinski definition) is 4. The quantitative estimate of drug-likeness (QED) is 0.780. The number of aliphatic hydroxyl groups is 1. The molecule has 2 aliphatic rings. The average molecular weight is 416 g/mol. The standard InChI is InChI=1S/C21H23N3O2.CH4.V/c22-13-15-4-3-14(12-18(15)23-16-5-7-17(25)8-6-16)19-9-10-20-21(26)2-1-11-24(19)20;;/h3-4,9-10,12,16-17,23,25H,1-2,5-8,11H2;1H4;. The van der Waals surface area contributed by atoms with Gasteiger partial charge in [-0.05, 0) is 56.4 Å². The van der Waals surface area contributed by atoms with E-state index in [0.717, 1.165) is 61.3 Å². The zero-order valence-corrected chi connectivity index (χ0v) is 16.6. The third-order valence-corrected chi connectivity index (χ3v) is 5.54. The molecule has 2 aromatic rings. The van der Waals surface area contributed by atoms with Crippen molar-refractivity contribution in [3.63, 3.8) is 0 Å². The summed E-state index contributed by atoms with van der Waals surface area (Å²) >= 11 is 0. The number of nitrogens with one attached hydrogen (secondary N) is 1. The van der Waals surface area contributed by atoms with Crippen LogP contribution in [0.15, 0.2) is 30.3 Å². The fourth-order valence-corrected chi connectivity index (χ4v) is 4.09. The van der Waals surface area contributed by atoms with Crippen LogP contribution in [0.25, 0.3) is 11.3 Å². The molecule has 147 valence electrons. The van der Waals surface area contributed by atoms with Gasteiger partial charge in [0.05, 0.1) is 23.0 Å². The molecule has 5 nitrogen and oxygen atoms in total. The van der Waals surface area contributed by atoms with E-state index in [4.69, 9.17) is 0 Å². The summed E-state index contributed by atoms with van der Waals surface area (Å²) in [4.78, 5) is 12.1. The van der Waals surface area contributed by atoms with E-state index in [1.165, 1.54) is 0 Å². The van der Waals surface area contributed by atoms with Crippen molar-refractivity contribution in [3.8, 4) is 17.3 Å². The third kappa shape index (κ3) is 4.36. The van der Waals surface area contributed by atoms with Crippen molar-refractivity contribution >= 4 is 11.5 Å². The van der Waals surface area contributed by atoms with E-state index in [9.17, 15) is 15.2 Å². The summed E-state index contributed by atoms with van der Waals surface area (Å²) in [5, 5.41) is 22.6. The fourth-order valence-electron chi connectivity index (χ4n) is 4.09. The van der Waals surface area contributed by atoms with Crippen LogP contribution in [0.4, 0.5) is 5.69 Å². The Kier molecular flexibility index (Phi) is 7.54. The third-order valence-electron chi connectivity index (χ3n) is 5.54. The van der Waals surface area contributed by atoms with Crippen molar-refractivity contribution in [2.45, 2.75) is 64.6 Å². The van der Waals surface area contributed by atoms with Gasteiger partial charge in [0.2, 0.25) is 0 Å². The van der Waals surface area contributed by atoms with Crippen LogP contribution in [0.2, 0.25) is 0 Å². The van der Waals surface area contributed by atoms with E-state index >= 15 is 0 Å². The van der Waals surface area contributed by atoms with Gasteiger partial charge in [0.1, 0.15) is 6.07 Å². The summed E-state index contributed by atoms with van der Waals surface area (Å²) in [6, 6.07) is 12.3. The SMILES string of the molecule is C.N#Cc1ccc(-c2ccc3n2CCCC3=O)cc1NC1CCC(O)CC1.[V]. The predicted molar refractivity (Wildman–Crippen MR) is 107 cm³/mol. The van der Waals surface area contributed by atoms with Gasteiger partial charge in [-0.1, -0.05) is 13.5 Å². The number of ketones is 1. The van der Waals surface area contributed by atoms with E-state index in [-0.39, 0.29) is 43.9 Å². The summed E-state index contributed by atoms with van der Waals surface area (Å²) in [5.41, 5.74) is 4.29. The Morgan fingerprint density at radius 2 is 1.82 bits per heavy atom. The average Bonchev–Trinajstić information content (AvgIpc) is 3.09. The topological polar surface area (TPSA) is 78.0 Å². The molecule has 28 heavy (non-hydrogen) atoms. The summed E-state index contributed by atoms with van der Waals surface area (Å²) in [6.07, 6.45) is 4.72. The molecule has 1 saturated carbocycles. The smallest absolute Gasteiger partial charge is 0.179 e. The summed E-state index contributed by atoms with van der Waals surface area (Å²) in [6.45, 7) is 0.854. The van der Waals surface area contributed by atoms with Crippen molar-refractivity contribution in [1.29, 1.82) is 5.26 Å². The minimum Gasteiger partial charge on any atom is -0.393 e. The van der Waals surface area contributed by atoms with Gasteiger partial charge in [0.15, 0.2) is 5.78 Å². The molecule has 2 heterocycles. The Morgan fingerprint density at radius 3 is 2.54 bits per heavy atom. The molecule has 0 unspecified atom stereocenters. The molecule has 0 atom stereocenters. The maximum absolute atomic E-state index is 12.1.